The van der Waals surface area contributed by atoms with Crippen molar-refractivity contribution in [3.8, 4) is 17.1 Å². The van der Waals surface area contributed by atoms with Crippen LogP contribution in [0.3, 0.4) is 0 Å². The van der Waals surface area contributed by atoms with E-state index in [2.05, 4.69) is 46.2 Å². The largest absolute Gasteiger partial charge is 0.488 e. The number of sulfone groups is 1. The van der Waals surface area contributed by atoms with Crippen molar-refractivity contribution in [2.24, 2.45) is 0 Å². The maximum atomic E-state index is 13.5. The van der Waals surface area contributed by atoms with Gasteiger partial charge in [-0.15, -0.1) is 11.3 Å². The molecule has 4 heterocycles. The topological polar surface area (TPSA) is 129 Å². The first kappa shape index (κ1) is 30.6. The first-order valence-electron chi connectivity index (χ1n) is 13.5. The van der Waals surface area contributed by atoms with Gasteiger partial charge in [0.05, 0.1) is 46.5 Å². The number of hydrogen-bond acceptors (Lipinski definition) is 11. The van der Waals surface area contributed by atoms with Crippen LogP contribution in [0.1, 0.15) is 10.6 Å². The van der Waals surface area contributed by atoms with Crippen LogP contribution < -0.4 is 10.1 Å². The van der Waals surface area contributed by atoms with E-state index in [1.807, 2.05) is 29.6 Å². The first-order valence-corrected chi connectivity index (χ1v) is 16.9. The molecule has 0 fully saturated rings. The van der Waals surface area contributed by atoms with Crippen molar-refractivity contribution in [1.29, 1.82) is 0 Å². The number of halogens is 2. The Morgan fingerprint density at radius 2 is 1.84 bits per heavy atom. The van der Waals surface area contributed by atoms with Crippen molar-refractivity contribution in [1.82, 2.24) is 24.9 Å². The van der Waals surface area contributed by atoms with E-state index in [1.54, 1.807) is 30.5 Å². The number of benzene rings is 2. The van der Waals surface area contributed by atoms with Gasteiger partial charge in [-0.2, -0.15) is 0 Å². The summed E-state index contributed by atoms with van der Waals surface area (Å²) in [7, 11) is -3.52. The van der Waals surface area contributed by atoms with Gasteiger partial charge in [0.1, 0.15) is 35.3 Å². The Morgan fingerprint density at radius 3 is 2.67 bits per heavy atom. The van der Waals surface area contributed by atoms with Crippen molar-refractivity contribution in [2.45, 2.75) is 18.2 Å². The fourth-order valence-electron chi connectivity index (χ4n) is 4.28. The molecule has 0 unspecified atom stereocenters. The maximum absolute atomic E-state index is 13.5. The summed E-state index contributed by atoms with van der Waals surface area (Å²) >= 11 is 4.95. The smallest absolute Gasteiger partial charge is 0.197 e. The summed E-state index contributed by atoms with van der Waals surface area (Å²) in [5.74, 6) is 0.710. The summed E-state index contributed by atoms with van der Waals surface area (Å²) in [6, 6.07) is 18.4. The minimum atomic E-state index is -3.52. The summed E-state index contributed by atoms with van der Waals surface area (Å²) in [5, 5.41) is 6.67. The number of nitrogens with zero attached hydrogens (tertiary/aromatic N) is 5. The third-order valence-electron chi connectivity index (χ3n) is 6.49. The molecule has 45 heavy (non-hydrogen) atoms. The fraction of sp³-hybridized carbons (Fsp3) is 0.129. The lowest BCUT2D eigenvalue weighted by Crippen LogP contribution is -2.13. The highest BCUT2D eigenvalue weighted by Crippen LogP contribution is 2.32. The van der Waals surface area contributed by atoms with Crippen LogP contribution in [0.5, 0.6) is 5.75 Å². The standard InChI is InChI=1S/C31H24BrFN6O4S2/c32-24-13-22(7-8-28(24)43-16-20-4-3-5-21(33)12-20)38-31-23-14-25(35-15-26(23)36-19-37-31)27-18-44-29(39-27)17-42-10-11-45(40,41)30-6-1-2-9-34-30/h1-9,12-15,18-19H,10-11,16-17H2,(H,36,37,38). The Balaban J connectivity index is 1.11. The van der Waals surface area contributed by atoms with Crippen LogP contribution >= 0.6 is 27.3 Å². The Kier molecular flexibility index (Phi) is 9.35. The van der Waals surface area contributed by atoms with Gasteiger partial charge in [-0.1, -0.05) is 18.2 Å². The van der Waals surface area contributed by atoms with Crippen LogP contribution in [0, 0.1) is 5.82 Å². The number of nitrogens with one attached hydrogen (secondary N) is 1. The molecule has 6 rings (SSSR count). The normalized spacial score (nSPS) is 11.5. The molecule has 0 radical (unpaired) electrons. The van der Waals surface area contributed by atoms with Crippen LogP contribution in [-0.2, 0) is 27.8 Å². The lowest BCUT2D eigenvalue weighted by atomic mass is 10.2. The minimum absolute atomic E-state index is 0.0185. The van der Waals surface area contributed by atoms with Crippen molar-refractivity contribution in [3.05, 3.63) is 112 Å². The Bertz CT molecular complexity index is 2060. The predicted molar refractivity (Wildman–Crippen MR) is 173 cm³/mol. The average molecular weight is 708 g/mol. The van der Waals surface area contributed by atoms with Crippen LogP contribution in [0.2, 0.25) is 0 Å². The van der Waals surface area contributed by atoms with E-state index in [-0.39, 0.29) is 36.4 Å². The molecular weight excluding hydrogens is 683 g/mol. The monoisotopic (exact) mass is 706 g/mol. The minimum Gasteiger partial charge on any atom is -0.488 e. The molecule has 14 heteroatoms. The van der Waals surface area contributed by atoms with Crippen molar-refractivity contribution < 1.29 is 22.3 Å². The molecule has 0 amide bonds. The van der Waals surface area contributed by atoms with Crippen molar-refractivity contribution >= 4 is 59.5 Å². The quantitative estimate of drug-likeness (QED) is 0.136. The van der Waals surface area contributed by atoms with Gasteiger partial charge in [-0.05, 0) is 70.0 Å². The van der Waals surface area contributed by atoms with E-state index in [4.69, 9.17) is 9.47 Å². The van der Waals surface area contributed by atoms with Crippen LogP contribution in [0.25, 0.3) is 22.3 Å². The number of rotatable bonds is 12. The third kappa shape index (κ3) is 7.65. The van der Waals surface area contributed by atoms with E-state index in [0.29, 0.717) is 33.5 Å². The number of thiazole rings is 1. The molecule has 0 saturated carbocycles. The highest BCUT2D eigenvalue weighted by molar-refractivity contribution is 9.10. The molecule has 0 spiro atoms. The Morgan fingerprint density at radius 1 is 0.933 bits per heavy atom. The van der Waals surface area contributed by atoms with Gasteiger partial charge in [0.2, 0.25) is 0 Å². The van der Waals surface area contributed by atoms with Crippen molar-refractivity contribution in [3.63, 3.8) is 0 Å². The number of hydrogen-bond donors (Lipinski definition) is 1. The molecule has 6 aromatic rings. The van der Waals surface area contributed by atoms with E-state index in [9.17, 15) is 12.8 Å². The number of ether oxygens (including phenoxy) is 2. The summed E-state index contributed by atoms with van der Waals surface area (Å²) in [4.78, 5) is 21.9. The molecule has 0 aliphatic carbocycles. The number of aromatic nitrogens is 5. The van der Waals surface area contributed by atoms with Crippen LogP contribution in [0.4, 0.5) is 15.9 Å². The summed E-state index contributed by atoms with van der Waals surface area (Å²) in [6.07, 6.45) is 4.57. The zero-order valence-electron chi connectivity index (χ0n) is 23.4. The highest BCUT2D eigenvalue weighted by Gasteiger charge is 2.16. The summed E-state index contributed by atoms with van der Waals surface area (Å²) in [6.45, 7) is 0.418. The number of pyridine rings is 2. The number of anilines is 2. The fourth-order valence-corrected chi connectivity index (χ4v) is 6.55. The predicted octanol–water partition coefficient (Wildman–Crippen LogP) is 6.76. The maximum Gasteiger partial charge on any atom is 0.197 e. The van der Waals surface area contributed by atoms with Gasteiger partial charge in [0.15, 0.2) is 14.9 Å². The number of fused-ring (bicyclic) bond motifs is 1. The van der Waals surface area contributed by atoms with Crippen LogP contribution in [-0.4, -0.2) is 45.7 Å². The molecule has 0 atom stereocenters. The van der Waals surface area contributed by atoms with Crippen LogP contribution in [0.15, 0.2) is 100 Å². The highest BCUT2D eigenvalue weighted by atomic mass is 79.9. The van der Waals surface area contributed by atoms with E-state index in [0.717, 1.165) is 21.1 Å². The summed E-state index contributed by atoms with van der Waals surface area (Å²) in [5.41, 5.74) is 3.42. The van der Waals surface area contributed by atoms with Gasteiger partial charge < -0.3 is 14.8 Å². The molecule has 0 saturated heterocycles. The molecular formula is C31H24BrFN6O4S2. The molecule has 1 N–H and O–H groups in total. The molecule has 2 aromatic carbocycles. The SMILES string of the molecule is O=S(=O)(CCOCc1nc(-c2cc3c(Nc4ccc(OCc5cccc(F)c5)c(Br)c4)ncnc3cn2)cs1)c1ccccn1. The third-order valence-corrected chi connectivity index (χ3v) is 9.52. The van der Waals surface area contributed by atoms with E-state index >= 15 is 0 Å². The molecule has 228 valence electrons. The van der Waals surface area contributed by atoms with E-state index in [1.165, 1.54) is 42.1 Å². The molecule has 0 aliphatic heterocycles. The zero-order chi connectivity index (χ0) is 31.2. The van der Waals surface area contributed by atoms with Gasteiger partial charge in [0.25, 0.3) is 0 Å². The van der Waals surface area contributed by atoms with Crippen molar-refractivity contribution in [2.75, 3.05) is 17.7 Å². The average Bonchev–Trinajstić information content (AvgIpc) is 3.52. The van der Waals surface area contributed by atoms with Gasteiger partial charge in [0, 0.05) is 22.7 Å². The zero-order valence-corrected chi connectivity index (χ0v) is 26.6. The van der Waals surface area contributed by atoms with Gasteiger partial charge in [-0.3, -0.25) is 4.98 Å². The second kappa shape index (κ2) is 13.7. The first-order chi connectivity index (χ1) is 21.8. The molecule has 10 nitrogen and oxygen atoms in total. The molecule has 0 aliphatic rings. The van der Waals surface area contributed by atoms with Gasteiger partial charge >= 0.3 is 0 Å². The second-order valence-corrected chi connectivity index (χ2v) is 13.5. The second-order valence-electron chi connectivity index (χ2n) is 9.66. The molecule has 4 aromatic heterocycles. The molecule has 0 bridgehead atoms. The Hall–Kier alpha value is -4.37. The summed E-state index contributed by atoms with van der Waals surface area (Å²) < 4.78 is 50.5. The lowest BCUT2D eigenvalue weighted by Gasteiger charge is -2.12. The lowest BCUT2D eigenvalue weighted by molar-refractivity contribution is 0.135. The van der Waals surface area contributed by atoms with E-state index < -0.39 is 9.84 Å². The Labute approximate surface area is 270 Å². The van der Waals surface area contributed by atoms with Gasteiger partial charge in [-0.25, -0.2) is 32.7 Å².